The van der Waals surface area contributed by atoms with Gasteiger partial charge in [-0.05, 0) is 54.6 Å². The summed E-state index contributed by atoms with van der Waals surface area (Å²) in [6.07, 6.45) is 1.76. The first-order chi connectivity index (χ1) is 10.3. The summed E-state index contributed by atoms with van der Waals surface area (Å²) in [4.78, 5) is 8.92. The van der Waals surface area contributed by atoms with Gasteiger partial charge in [-0.25, -0.2) is 9.97 Å². The van der Waals surface area contributed by atoms with E-state index in [1.54, 1.807) is 13.3 Å². The molecule has 0 aliphatic carbocycles. The van der Waals surface area contributed by atoms with Gasteiger partial charge in [-0.3, -0.25) is 0 Å². The van der Waals surface area contributed by atoms with Crippen LogP contribution in [0.15, 0.2) is 60.8 Å². The van der Waals surface area contributed by atoms with Crippen molar-refractivity contribution in [1.29, 1.82) is 0 Å². The van der Waals surface area contributed by atoms with Crippen molar-refractivity contribution in [3.05, 3.63) is 65.8 Å². The van der Waals surface area contributed by atoms with E-state index >= 15 is 0 Å². The van der Waals surface area contributed by atoms with Gasteiger partial charge in [0.1, 0.15) is 5.75 Å². The molecule has 4 heteroatoms. The minimum atomic E-state index is 0.681. The summed E-state index contributed by atoms with van der Waals surface area (Å²) in [6, 6.07) is 17.2. The SMILES string of the molecule is COc1ccc(-c2ccnc(-c3ccc(Cl)cc3)n2)cc1. The van der Waals surface area contributed by atoms with Crippen molar-refractivity contribution in [1.82, 2.24) is 9.97 Å². The largest absolute Gasteiger partial charge is 0.497 e. The molecular weight excluding hydrogens is 284 g/mol. The van der Waals surface area contributed by atoms with Crippen molar-refractivity contribution in [2.24, 2.45) is 0 Å². The third-order valence-corrected chi connectivity index (χ3v) is 3.40. The van der Waals surface area contributed by atoms with Crippen LogP contribution in [0.3, 0.4) is 0 Å². The second kappa shape index (κ2) is 5.94. The van der Waals surface area contributed by atoms with E-state index in [2.05, 4.69) is 9.97 Å². The molecule has 0 saturated heterocycles. The Kier molecular flexibility index (Phi) is 3.84. The third kappa shape index (κ3) is 3.03. The van der Waals surface area contributed by atoms with Crippen LogP contribution in [0.4, 0.5) is 0 Å². The fourth-order valence-corrected chi connectivity index (χ4v) is 2.15. The van der Waals surface area contributed by atoms with Crippen LogP contribution >= 0.6 is 11.6 Å². The minimum absolute atomic E-state index is 0.681. The summed E-state index contributed by atoms with van der Waals surface area (Å²) in [7, 11) is 1.65. The monoisotopic (exact) mass is 296 g/mol. The molecule has 0 bridgehead atoms. The molecule has 104 valence electrons. The fraction of sp³-hybridized carbons (Fsp3) is 0.0588. The Bertz CT molecular complexity index is 739. The van der Waals surface area contributed by atoms with Crippen LogP contribution in [0.1, 0.15) is 0 Å². The summed E-state index contributed by atoms with van der Waals surface area (Å²) in [5.74, 6) is 1.51. The summed E-state index contributed by atoms with van der Waals surface area (Å²) >= 11 is 5.90. The van der Waals surface area contributed by atoms with Crippen LogP contribution in [0, 0.1) is 0 Å². The summed E-state index contributed by atoms with van der Waals surface area (Å²) < 4.78 is 5.16. The van der Waals surface area contributed by atoms with E-state index in [1.807, 2.05) is 54.6 Å². The molecule has 0 fully saturated rings. The van der Waals surface area contributed by atoms with Crippen molar-refractivity contribution in [2.75, 3.05) is 7.11 Å². The standard InChI is InChI=1S/C17H13ClN2O/c1-21-15-8-4-12(5-9-15)16-10-11-19-17(20-16)13-2-6-14(18)7-3-13/h2-11H,1H3. The molecule has 0 amide bonds. The highest BCUT2D eigenvalue weighted by Gasteiger charge is 2.05. The molecule has 1 heterocycles. The topological polar surface area (TPSA) is 35.0 Å². The van der Waals surface area contributed by atoms with Crippen LogP contribution < -0.4 is 4.74 Å². The molecule has 3 aromatic rings. The average Bonchev–Trinajstić information content (AvgIpc) is 2.56. The van der Waals surface area contributed by atoms with Crippen molar-refractivity contribution >= 4 is 11.6 Å². The van der Waals surface area contributed by atoms with Crippen LogP contribution in [0.5, 0.6) is 5.75 Å². The predicted molar refractivity (Wildman–Crippen MR) is 84.5 cm³/mol. The van der Waals surface area contributed by atoms with Crippen molar-refractivity contribution in [3.63, 3.8) is 0 Å². The summed E-state index contributed by atoms with van der Waals surface area (Å²) in [6.45, 7) is 0. The van der Waals surface area contributed by atoms with Gasteiger partial charge in [-0.1, -0.05) is 11.6 Å². The number of halogens is 1. The molecule has 2 aromatic carbocycles. The molecule has 21 heavy (non-hydrogen) atoms. The molecule has 0 spiro atoms. The van der Waals surface area contributed by atoms with Crippen molar-refractivity contribution in [2.45, 2.75) is 0 Å². The van der Waals surface area contributed by atoms with Crippen LogP contribution in [0.25, 0.3) is 22.6 Å². The van der Waals surface area contributed by atoms with Gasteiger partial charge in [0.25, 0.3) is 0 Å². The molecule has 0 aliphatic rings. The zero-order valence-corrected chi connectivity index (χ0v) is 12.2. The molecule has 3 nitrogen and oxygen atoms in total. The van der Waals surface area contributed by atoms with Gasteiger partial charge in [0, 0.05) is 22.3 Å². The lowest BCUT2D eigenvalue weighted by Gasteiger charge is -2.05. The van der Waals surface area contributed by atoms with Gasteiger partial charge >= 0.3 is 0 Å². The first kappa shape index (κ1) is 13.6. The molecular formula is C17H13ClN2O. The van der Waals surface area contributed by atoms with Gasteiger partial charge in [-0.15, -0.1) is 0 Å². The van der Waals surface area contributed by atoms with Gasteiger partial charge in [0.05, 0.1) is 12.8 Å². The summed E-state index contributed by atoms with van der Waals surface area (Å²) in [5, 5.41) is 0.699. The third-order valence-electron chi connectivity index (χ3n) is 3.14. The van der Waals surface area contributed by atoms with Gasteiger partial charge in [0.2, 0.25) is 0 Å². The predicted octanol–water partition coefficient (Wildman–Crippen LogP) is 4.47. The smallest absolute Gasteiger partial charge is 0.159 e. The highest BCUT2D eigenvalue weighted by molar-refractivity contribution is 6.30. The van der Waals surface area contributed by atoms with Gasteiger partial charge < -0.3 is 4.74 Å². The maximum atomic E-state index is 5.90. The Hall–Kier alpha value is -2.39. The molecule has 1 aromatic heterocycles. The Morgan fingerprint density at radius 2 is 1.52 bits per heavy atom. The fourth-order valence-electron chi connectivity index (χ4n) is 2.02. The Morgan fingerprint density at radius 3 is 2.19 bits per heavy atom. The van der Waals surface area contributed by atoms with E-state index in [9.17, 15) is 0 Å². The van der Waals surface area contributed by atoms with Crippen molar-refractivity contribution in [3.8, 4) is 28.4 Å². The molecule has 3 rings (SSSR count). The average molecular weight is 297 g/mol. The lowest BCUT2D eigenvalue weighted by molar-refractivity contribution is 0.415. The zero-order valence-electron chi connectivity index (χ0n) is 11.5. The maximum absolute atomic E-state index is 5.90. The number of aromatic nitrogens is 2. The molecule has 0 radical (unpaired) electrons. The van der Waals surface area contributed by atoms with Gasteiger partial charge in [-0.2, -0.15) is 0 Å². The molecule has 0 atom stereocenters. The van der Waals surface area contributed by atoms with Crippen LogP contribution in [-0.4, -0.2) is 17.1 Å². The number of benzene rings is 2. The molecule has 0 N–H and O–H groups in total. The Labute approximate surface area is 128 Å². The maximum Gasteiger partial charge on any atom is 0.159 e. The number of hydrogen-bond donors (Lipinski definition) is 0. The van der Waals surface area contributed by atoms with E-state index in [-0.39, 0.29) is 0 Å². The van der Waals surface area contributed by atoms with Crippen LogP contribution in [0.2, 0.25) is 5.02 Å². The molecule has 0 aliphatic heterocycles. The van der Waals surface area contributed by atoms with Crippen molar-refractivity contribution < 1.29 is 4.74 Å². The highest BCUT2D eigenvalue weighted by atomic mass is 35.5. The van der Waals surface area contributed by atoms with E-state index < -0.39 is 0 Å². The quantitative estimate of drug-likeness (QED) is 0.715. The number of methoxy groups -OCH3 is 1. The van der Waals surface area contributed by atoms with Crippen LogP contribution in [-0.2, 0) is 0 Å². The second-order valence-electron chi connectivity index (χ2n) is 4.50. The highest BCUT2D eigenvalue weighted by Crippen LogP contribution is 2.23. The lowest BCUT2D eigenvalue weighted by atomic mass is 10.1. The number of rotatable bonds is 3. The van der Waals surface area contributed by atoms with E-state index in [0.717, 1.165) is 22.6 Å². The summed E-state index contributed by atoms with van der Waals surface area (Å²) in [5.41, 5.74) is 2.83. The normalized spacial score (nSPS) is 10.4. The van der Waals surface area contributed by atoms with Gasteiger partial charge in [0.15, 0.2) is 5.82 Å². The Balaban J connectivity index is 1.97. The number of ether oxygens (including phenoxy) is 1. The number of nitrogens with zero attached hydrogens (tertiary/aromatic N) is 2. The molecule has 0 saturated carbocycles. The van der Waals surface area contributed by atoms with E-state index in [0.29, 0.717) is 10.8 Å². The minimum Gasteiger partial charge on any atom is -0.497 e. The zero-order chi connectivity index (χ0) is 14.7. The number of hydrogen-bond acceptors (Lipinski definition) is 3. The second-order valence-corrected chi connectivity index (χ2v) is 4.94. The molecule has 0 unspecified atom stereocenters. The van der Waals surface area contributed by atoms with E-state index in [4.69, 9.17) is 16.3 Å². The Morgan fingerprint density at radius 1 is 0.857 bits per heavy atom. The first-order valence-electron chi connectivity index (χ1n) is 6.50. The lowest BCUT2D eigenvalue weighted by Crippen LogP contribution is -1.91. The first-order valence-corrected chi connectivity index (χ1v) is 6.87. The van der Waals surface area contributed by atoms with E-state index in [1.165, 1.54) is 0 Å².